The zero-order valence-corrected chi connectivity index (χ0v) is 12.5. The second kappa shape index (κ2) is 6.17. The summed E-state index contributed by atoms with van der Waals surface area (Å²) in [5.41, 5.74) is 0.160. The number of hydrogen-bond donors (Lipinski definition) is 0. The molecule has 2 saturated heterocycles. The topological polar surface area (TPSA) is 15.7 Å². The minimum Gasteiger partial charge on any atom is -0.370 e. The first-order valence-electron chi connectivity index (χ1n) is 7.14. The molecule has 2 rings (SSSR count). The summed E-state index contributed by atoms with van der Waals surface area (Å²) in [6.07, 6.45) is 0. The summed E-state index contributed by atoms with van der Waals surface area (Å²) in [5.74, 6) is 0. The van der Waals surface area contributed by atoms with Gasteiger partial charge in [0.2, 0.25) is 0 Å². The van der Waals surface area contributed by atoms with Crippen molar-refractivity contribution in [1.29, 1.82) is 0 Å². The Morgan fingerprint density at radius 2 is 1.35 bits per heavy atom. The Hall–Kier alpha value is -0.120. The smallest absolute Gasteiger partial charge is 0.106 e. The van der Waals surface area contributed by atoms with E-state index in [1.165, 1.54) is 0 Å². The number of likely N-dealkylation sites (tertiary alicyclic amines) is 1. The van der Waals surface area contributed by atoms with Crippen LogP contribution in [-0.4, -0.2) is 60.3 Å². The first-order valence-corrected chi connectivity index (χ1v) is 7.14. The lowest BCUT2D eigenvalue weighted by atomic mass is 9.90. The maximum absolute atomic E-state index is 5.98. The molecule has 0 N–H and O–H groups in total. The van der Waals surface area contributed by atoms with Crippen molar-refractivity contribution >= 4 is 0 Å². The van der Waals surface area contributed by atoms with Gasteiger partial charge in [0.15, 0.2) is 0 Å². The second-order valence-electron chi connectivity index (χ2n) is 5.59. The molecule has 0 bridgehead atoms. The van der Waals surface area contributed by atoms with Crippen molar-refractivity contribution in [2.24, 2.45) is 0 Å². The Labute approximate surface area is 107 Å². The van der Waals surface area contributed by atoms with Crippen molar-refractivity contribution in [2.75, 3.05) is 32.8 Å². The number of rotatable bonds is 2. The summed E-state index contributed by atoms with van der Waals surface area (Å²) in [6, 6.07) is 1.31. The standard InChI is InChI=1S/C12H24N2O.C2H6/c1-10(2)13-5-6-15-12(7-13)8-14(9-12)11(3)4;1-2/h10-11H,5-9H2,1-4H3;1-2H3. The lowest BCUT2D eigenvalue weighted by Crippen LogP contribution is -2.71. The Morgan fingerprint density at radius 1 is 0.882 bits per heavy atom. The van der Waals surface area contributed by atoms with Gasteiger partial charge in [-0.05, 0) is 27.7 Å². The summed E-state index contributed by atoms with van der Waals surface area (Å²) >= 11 is 0. The van der Waals surface area contributed by atoms with E-state index in [4.69, 9.17) is 4.74 Å². The highest BCUT2D eigenvalue weighted by atomic mass is 16.5. The third-order valence-corrected chi connectivity index (χ3v) is 3.72. The van der Waals surface area contributed by atoms with Gasteiger partial charge in [0.05, 0.1) is 6.61 Å². The number of morpholine rings is 1. The highest BCUT2D eigenvalue weighted by molar-refractivity contribution is 5.02. The molecule has 0 saturated carbocycles. The molecule has 0 amide bonds. The van der Waals surface area contributed by atoms with E-state index in [0.29, 0.717) is 12.1 Å². The summed E-state index contributed by atoms with van der Waals surface area (Å²) in [6.45, 7) is 18.4. The molecule has 0 atom stereocenters. The van der Waals surface area contributed by atoms with Gasteiger partial charge >= 0.3 is 0 Å². The van der Waals surface area contributed by atoms with Gasteiger partial charge < -0.3 is 4.74 Å². The van der Waals surface area contributed by atoms with Gasteiger partial charge in [-0.3, -0.25) is 9.80 Å². The molecule has 0 unspecified atom stereocenters. The van der Waals surface area contributed by atoms with Crippen LogP contribution in [0.15, 0.2) is 0 Å². The van der Waals surface area contributed by atoms with E-state index >= 15 is 0 Å². The molecule has 0 radical (unpaired) electrons. The van der Waals surface area contributed by atoms with Crippen molar-refractivity contribution < 1.29 is 4.74 Å². The van der Waals surface area contributed by atoms with E-state index in [-0.39, 0.29) is 5.60 Å². The van der Waals surface area contributed by atoms with Crippen LogP contribution >= 0.6 is 0 Å². The molecule has 0 aromatic carbocycles. The number of hydrogen-bond acceptors (Lipinski definition) is 3. The van der Waals surface area contributed by atoms with E-state index in [0.717, 1.165) is 32.8 Å². The van der Waals surface area contributed by atoms with E-state index < -0.39 is 0 Å². The van der Waals surface area contributed by atoms with Gasteiger partial charge in [-0.2, -0.15) is 0 Å². The monoisotopic (exact) mass is 242 g/mol. The molecule has 3 heteroatoms. The van der Waals surface area contributed by atoms with Crippen molar-refractivity contribution in [3.63, 3.8) is 0 Å². The van der Waals surface area contributed by atoms with E-state index in [9.17, 15) is 0 Å². The first kappa shape index (κ1) is 14.9. The van der Waals surface area contributed by atoms with Crippen LogP contribution < -0.4 is 0 Å². The number of nitrogens with zero attached hydrogens (tertiary/aromatic N) is 2. The van der Waals surface area contributed by atoms with Crippen molar-refractivity contribution in [3.05, 3.63) is 0 Å². The van der Waals surface area contributed by atoms with Crippen LogP contribution in [0.4, 0.5) is 0 Å². The largest absolute Gasteiger partial charge is 0.370 e. The van der Waals surface area contributed by atoms with Crippen molar-refractivity contribution in [2.45, 2.75) is 59.2 Å². The number of ether oxygens (including phenoxy) is 1. The average Bonchev–Trinajstić information content (AvgIpc) is 2.28. The molecule has 2 fully saturated rings. The molecule has 3 nitrogen and oxygen atoms in total. The summed E-state index contributed by atoms with van der Waals surface area (Å²) in [5, 5.41) is 0. The van der Waals surface area contributed by atoms with Crippen molar-refractivity contribution in [3.8, 4) is 0 Å². The summed E-state index contributed by atoms with van der Waals surface area (Å²) in [7, 11) is 0. The zero-order valence-electron chi connectivity index (χ0n) is 12.5. The third-order valence-electron chi connectivity index (χ3n) is 3.72. The lowest BCUT2D eigenvalue weighted by Gasteiger charge is -2.56. The molecular formula is C14H30N2O. The summed E-state index contributed by atoms with van der Waals surface area (Å²) < 4.78 is 5.98. The SMILES string of the molecule is CC.CC(C)N1CCOC2(C1)CN(C(C)C)C2. The van der Waals surface area contributed by atoms with Crippen LogP contribution in [0, 0.1) is 0 Å². The normalized spacial score (nSPS) is 24.7. The molecular weight excluding hydrogens is 212 g/mol. The third kappa shape index (κ3) is 3.43. The van der Waals surface area contributed by atoms with Gasteiger partial charge in [0.25, 0.3) is 0 Å². The fraction of sp³-hybridized carbons (Fsp3) is 1.00. The van der Waals surface area contributed by atoms with Crippen LogP contribution in [0.1, 0.15) is 41.5 Å². The Kier molecular flexibility index (Phi) is 5.42. The van der Waals surface area contributed by atoms with Gasteiger partial charge in [0, 0.05) is 38.3 Å². The molecule has 17 heavy (non-hydrogen) atoms. The maximum Gasteiger partial charge on any atom is 0.106 e. The molecule has 0 aromatic rings. The van der Waals surface area contributed by atoms with E-state index in [2.05, 4.69) is 37.5 Å². The van der Waals surface area contributed by atoms with Crippen molar-refractivity contribution in [1.82, 2.24) is 9.80 Å². The molecule has 0 aromatic heterocycles. The lowest BCUT2D eigenvalue weighted by molar-refractivity contribution is -0.194. The highest BCUT2D eigenvalue weighted by Crippen LogP contribution is 2.31. The van der Waals surface area contributed by atoms with Crippen LogP contribution in [-0.2, 0) is 4.74 Å². The first-order chi connectivity index (χ1) is 8.02. The highest BCUT2D eigenvalue weighted by Gasteiger charge is 2.47. The molecule has 0 aliphatic carbocycles. The van der Waals surface area contributed by atoms with E-state index in [1.807, 2.05) is 13.8 Å². The Bertz CT molecular complexity index is 222. The molecule has 1 spiro atoms. The summed E-state index contributed by atoms with van der Waals surface area (Å²) in [4.78, 5) is 5.03. The average molecular weight is 242 g/mol. The fourth-order valence-corrected chi connectivity index (χ4v) is 2.57. The Balaban J connectivity index is 0.000000686. The van der Waals surface area contributed by atoms with Crippen LogP contribution in [0.3, 0.4) is 0 Å². The van der Waals surface area contributed by atoms with Crippen LogP contribution in [0.2, 0.25) is 0 Å². The molecule has 2 aliphatic heterocycles. The minimum atomic E-state index is 0.160. The molecule has 102 valence electrons. The van der Waals surface area contributed by atoms with Gasteiger partial charge in [-0.25, -0.2) is 0 Å². The van der Waals surface area contributed by atoms with E-state index in [1.54, 1.807) is 0 Å². The second-order valence-corrected chi connectivity index (χ2v) is 5.59. The molecule has 2 aliphatic rings. The van der Waals surface area contributed by atoms with Gasteiger partial charge in [0.1, 0.15) is 5.60 Å². The predicted octanol–water partition coefficient (Wildman–Crippen LogP) is 2.22. The minimum absolute atomic E-state index is 0.160. The van der Waals surface area contributed by atoms with Gasteiger partial charge in [-0.15, -0.1) is 0 Å². The zero-order chi connectivity index (χ0) is 13.1. The maximum atomic E-state index is 5.98. The van der Waals surface area contributed by atoms with Crippen LogP contribution in [0.25, 0.3) is 0 Å². The molecule has 2 heterocycles. The van der Waals surface area contributed by atoms with Gasteiger partial charge in [-0.1, -0.05) is 13.8 Å². The van der Waals surface area contributed by atoms with Crippen LogP contribution in [0.5, 0.6) is 0 Å². The predicted molar refractivity (Wildman–Crippen MR) is 73.4 cm³/mol. The quantitative estimate of drug-likeness (QED) is 0.738. The Morgan fingerprint density at radius 3 is 1.82 bits per heavy atom. The fourth-order valence-electron chi connectivity index (χ4n) is 2.57.